The van der Waals surface area contributed by atoms with Crippen molar-refractivity contribution in [3.8, 4) is 0 Å². The van der Waals surface area contributed by atoms with E-state index >= 15 is 0 Å². The van der Waals surface area contributed by atoms with E-state index in [2.05, 4.69) is 112 Å². The van der Waals surface area contributed by atoms with E-state index in [4.69, 9.17) is 23.3 Å². The molecule has 0 saturated heterocycles. The molecule has 0 saturated carbocycles. The summed E-state index contributed by atoms with van der Waals surface area (Å²) < 4.78 is 39.4. The first-order chi connectivity index (χ1) is 35.2. The Bertz CT molecular complexity index is 1620. The number of carbonyl (C=O) groups excluding carboxylic acids is 3. The van der Waals surface area contributed by atoms with Crippen molar-refractivity contribution in [2.75, 3.05) is 26.4 Å². The number of hydrogen-bond donors (Lipinski definition) is 2. The summed E-state index contributed by atoms with van der Waals surface area (Å²) in [6.07, 6.45) is 63.5. The van der Waals surface area contributed by atoms with Gasteiger partial charge in [0.15, 0.2) is 6.10 Å². The second kappa shape index (κ2) is 53.4. The van der Waals surface area contributed by atoms with Crippen LogP contribution in [0.5, 0.6) is 0 Å². The molecule has 0 aromatic rings. The molecule has 0 heterocycles. The number of esters is 3. The topological polar surface area (TPSA) is 155 Å². The lowest BCUT2D eigenvalue weighted by atomic mass is 10.1. The Labute approximate surface area is 437 Å². The van der Waals surface area contributed by atoms with Gasteiger partial charge in [0.2, 0.25) is 0 Å². The van der Waals surface area contributed by atoms with Gasteiger partial charge < -0.3 is 24.2 Å². The third kappa shape index (κ3) is 51.1. The molecule has 0 rings (SSSR count). The van der Waals surface area contributed by atoms with E-state index in [0.717, 1.165) is 116 Å². The average molecular weight is 1030 g/mol. The van der Waals surface area contributed by atoms with Crippen LogP contribution >= 0.6 is 7.82 Å². The summed E-state index contributed by atoms with van der Waals surface area (Å²) in [5.41, 5.74) is 0. The maximum atomic E-state index is 12.9. The Balaban J connectivity index is 4.84. The molecule has 0 fully saturated rings. The normalized spacial score (nSPS) is 14.2. The number of phosphoric ester groups is 1. The number of aliphatic hydroxyl groups excluding tert-OH is 1. The van der Waals surface area contributed by atoms with Gasteiger partial charge in [0.05, 0.1) is 19.8 Å². The van der Waals surface area contributed by atoms with Crippen LogP contribution in [0.1, 0.15) is 213 Å². The maximum Gasteiger partial charge on any atom is 0.472 e. The highest BCUT2D eigenvalue weighted by atomic mass is 31.2. The van der Waals surface area contributed by atoms with Gasteiger partial charge in [0.25, 0.3) is 0 Å². The smallest absolute Gasteiger partial charge is 0.462 e. The van der Waals surface area contributed by atoms with Gasteiger partial charge in [-0.1, -0.05) is 194 Å². The van der Waals surface area contributed by atoms with Gasteiger partial charge in [-0.15, -0.1) is 0 Å². The van der Waals surface area contributed by atoms with Crippen LogP contribution in [0.2, 0.25) is 0 Å². The summed E-state index contributed by atoms with van der Waals surface area (Å²) >= 11 is 0. The fraction of sp³-hybridized carbons (Fsp3) is 0.650. The van der Waals surface area contributed by atoms with Crippen molar-refractivity contribution in [2.24, 2.45) is 0 Å². The third-order valence-corrected chi connectivity index (χ3v) is 12.1. The molecule has 2 N–H and O–H groups in total. The van der Waals surface area contributed by atoms with Crippen molar-refractivity contribution in [1.82, 2.24) is 0 Å². The lowest BCUT2D eigenvalue weighted by Crippen LogP contribution is -2.30. The first-order valence-electron chi connectivity index (χ1n) is 27.8. The van der Waals surface area contributed by atoms with Crippen molar-refractivity contribution in [3.05, 3.63) is 109 Å². The molecule has 72 heavy (non-hydrogen) atoms. The van der Waals surface area contributed by atoms with E-state index in [1.165, 1.54) is 38.5 Å². The van der Waals surface area contributed by atoms with Gasteiger partial charge in [-0.25, -0.2) is 4.57 Å². The number of unbranched alkanes of at least 4 members (excludes halogenated alkanes) is 15. The minimum atomic E-state index is -4.78. The van der Waals surface area contributed by atoms with Gasteiger partial charge in [0.1, 0.15) is 12.7 Å². The lowest BCUT2D eigenvalue weighted by Gasteiger charge is -2.21. The van der Waals surface area contributed by atoms with Crippen LogP contribution in [0.15, 0.2) is 109 Å². The Hall–Kier alpha value is -3.86. The Morgan fingerprint density at radius 2 is 0.750 bits per heavy atom. The molecular formula is C60H99O11P. The first kappa shape index (κ1) is 68.1. The minimum Gasteiger partial charge on any atom is -0.462 e. The second-order valence-electron chi connectivity index (χ2n) is 18.0. The number of phosphoric acid groups is 1. The van der Waals surface area contributed by atoms with E-state index in [9.17, 15) is 28.9 Å². The highest BCUT2D eigenvalue weighted by Crippen LogP contribution is 2.43. The lowest BCUT2D eigenvalue weighted by molar-refractivity contribution is -0.161. The van der Waals surface area contributed by atoms with Gasteiger partial charge in [-0.2, -0.15) is 0 Å². The molecule has 0 aromatic heterocycles. The van der Waals surface area contributed by atoms with E-state index in [1.54, 1.807) is 0 Å². The molecule has 3 atom stereocenters. The molecule has 0 aromatic carbocycles. The molecule has 12 heteroatoms. The molecular weight excluding hydrogens is 928 g/mol. The molecule has 0 radical (unpaired) electrons. The summed E-state index contributed by atoms with van der Waals surface area (Å²) in [5.74, 6) is -1.59. The van der Waals surface area contributed by atoms with Crippen molar-refractivity contribution < 1.29 is 52.2 Å². The molecule has 11 nitrogen and oxygen atoms in total. The number of allylic oxidation sites excluding steroid dienone is 18. The molecule has 3 unspecified atom stereocenters. The number of aliphatic hydroxyl groups is 1. The van der Waals surface area contributed by atoms with Crippen LogP contribution in [0.25, 0.3) is 0 Å². The molecule has 410 valence electrons. The van der Waals surface area contributed by atoms with Crippen LogP contribution in [-0.4, -0.2) is 66.5 Å². The fourth-order valence-electron chi connectivity index (χ4n) is 7.00. The van der Waals surface area contributed by atoms with Crippen molar-refractivity contribution in [1.29, 1.82) is 0 Å². The summed E-state index contributed by atoms with van der Waals surface area (Å²) in [6.45, 7) is 4.26. The van der Waals surface area contributed by atoms with Crippen molar-refractivity contribution >= 4 is 25.7 Å². The zero-order valence-corrected chi connectivity index (χ0v) is 46.0. The SMILES string of the molecule is CC/C=C\C/C=C\C/C=C\C/C=C\CCC(=O)OC(CO)COP(=O)(O)OCC(COC(=O)CCCCCCCCC/C=C\C/C=C\CCCCC)OC(=O)CCCCCCC/C=C\C/C=C\C/C=C\CC. The number of hydrogen-bond acceptors (Lipinski definition) is 10. The zero-order chi connectivity index (χ0) is 52.7. The maximum absolute atomic E-state index is 12.9. The largest absolute Gasteiger partial charge is 0.472 e. The predicted molar refractivity (Wildman–Crippen MR) is 297 cm³/mol. The molecule has 0 bridgehead atoms. The van der Waals surface area contributed by atoms with Crippen molar-refractivity contribution in [3.63, 3.8) is 0 Å². The van der Waals surface area contributed by atoms with Gasteiger partial charge in [-0.05, 0) is 109 Å². The van der Waals surface area contributed by atoms with E-state index in [0.29, 0.717) is 19.3 Å². The highest BCUT2D eigenvalue weighted by Gasteiger charge is 2.28. The molecule has 0 aliphatic carbocycles. The van der Waals surface area contributed by atoms with Crippen LogP contribution in [0.3, 0.4) is 0 Å². The number of rotatable bonds is 50. The Morgan fingerprint density at radius 3 is 1.19 bits per heavy atom. The average Bonchev–Trinajstić information content (AvgIpc) is 3.37. The van der Waals surface area contributed by atoms with E-state index in [-0.39, 0.29) is 25.9 Å². The standard InChI is InChI=1S/C60H99O11P/c1-4-7-10-13-16-19-22-25-27-28-30-32-34-37-40-43-46-49-58(62)67-53-57(71-60(64)51-48-45-42-39-36-33-29-26-23-20-17-14-11-8-5-2)55-69-72(65,66)68-54-56(52-61)70-59(63)50-47-44-41-38-35-31-24-21-18-15-12-9-6-3/h8-9,11-12,16-21,25-27,29,31,35,41,44,56-57,61H,4-7,10,13-15,22-24,28,30,32-34,36-40,42-43,45-55H2,1-3H3,(H,65,66)/b11-8-,12-9-,19-16-,20-17-,21-18-,27-25-,29-26-,35-31-,44-41-. The minimum absolute atomic E-state index is 0.0494. The molecule has 0 aliphatic rings. The Kier molecular flexibility index (Phi) is 50.6. The summed E-state index contributed by atoms with van der Waals surface area (Å²) in [4.78, 5) is 48.4. The Morgan fingerprint density at radius 1 is 0.403 bits per heavy atom. The predicted octanol–water partition coefficient (Wildman–Crippen LogP) is 16.2. The summed E-state index contributed by atoms with van der Waals surface area (Å²) in [7, 11) is -4.78. The van der Waals surface area contributed by atoms with E-state index < -0.39 is 57.8 Å². The zero-order valence-electron chi connectivity index (χ0n) is 45.1. The number of carbonyl (C=O) groups is 3. The monoisotopic (exact) mass is 1030 g/mol. The van der Waals surface area contributed by atoms with Crippen LogP contribution in [0, 0.1) is 0 Å². The quantitative estimate of drug-likeness (QED) is 0.0197. The number of ether oxygens (including phenoxy) is 3. The fourth-order valence-corrected chi connectivity index (χ4v) is 7.79. The summed E-state index contributed by atoms with van der Waals surface area (Å²) in [5, 5.41) is 9.78. The van der Waals surface area contributed by atoms with Crippen LogP contribution in [0.4, 0.5) is 0 Å². The van der Waals surface area contributed by atoms with Gasteiger partial charge in [-0.3, -0.25) is 23.4 Å². The van der Waals surface area contributed by atoms with Crippen LogP contribution in [-0.2, 0) is 42.2 Å². The van der Waals surface area contributed by atoms with Crippen molar-refractivity contribution in [2.45, 2.75) is 226 Å². The summed E-state index contributed by atoms with van der Waals surface area (Å²) in [6, 6.07) is 0. The highest BCUT2D eigenvalue weighted by molar-refractivity contribution is 7.47. The molecule has 0 spiro atoms. The molecule has 0 aliphatic heterocycles. The van der Waals surface area contributed by atoms with Gasteiger partial charge >= 0.3 is 25.7 Å². The first-order valence-corrected chi connectivity index (χ1v) is 29.3. The second-order valence-corrected chi connectivity index (χ2v) is 19.4. The van der Waals surface area contributed by atoms with Crippen LogP contribution < -0.4 is 0 Å². The van der Waals surface area contributed by atoms with E-state index in [1.807, 2.05) is 18.2 Å². The molecule has 0 amide bonds. The third-order valence-electron chi connectivity index (χ3n) is 11.2. The van der Waals surface area contributed by atoms with Gasteiger partial charge in [0, 0.05) is 19.3 Å².